The Hall–Kier alpha value is -2.38. The Labute approximate surface area is 167 Å². The van der Waals surface area contributed by atoms with Gasteiger partial charge >= 0.3 is 11.9 Å². The molecule has 1 aliphatic rings. The fourth-order valence-electron chi connectivity index (χ4n) is 2.26. The third-order valence-electron chi connectivity index (χ3n) is 3.39. The zero-order chi connectivity index (χ0) is 19.4. The molecule has 6 nitrogen and oxygen atoms in total. The van der Waals surface area contributed by atoms with E-state index in [1.54, 1.807) is 6.07 Å². The number of nitriles is 1. The van der Waals surface area contributed by atoms with Crippen molar-refractivity contribution in [3.63, 3.8) is 0 Å². The van der Waals surface area contributed by atoms with Gasteiger partial charge in [0.25, 0.3) is 0 Å². The van der Waals surface area contributed by atoms with E-state index in [-0.39, 0.29) is 27.5 Å². The molecule has 0 N–H and O–H groups in total. The maximum atomic E-state index is 14.4. The number of carbonyl (C=O) groups is 2. The van der Waals surface area contributed by atoms with Gasteiger partial charge in [-0.05, 0) is 40.8 Å². The molecule has 0 atom stereocenters. The van der Waals surface area contributed by atoms with Crippen molar-refractivity contribution < 1.29 is 23.5 Å². The molecule has 0 amide bonds. The normalized spacial score (nSPS) is 13.3. The van der Waals surface area contributed by atoms with Crippen LogP contribution in [0.5, 0.6) is 0 Å². The highest BCUT2D eigenvalue weighted by Gasteiger charge is 2.31. The molecule has 1 aromatic carbocycles. The molecule has 2 rings (SSSR count). The number of anilines is 1. The van der Waals surface area contributed by atoms with Crippen molar-refractivity contribution in [3.8, 4) is 6.07 Å². The number of hydrogen-bond acceptors (Lipinski definition) is 6. The first kappa shape index (κ1) is 19.9. The Bertz CT molecular complexity index is 918. The summed E-state index contributed by atoms with van der Waals surface area (Å²) in [6, 6.07) is 3.06. The highest BCUT2D eigenvalue weighted by Crippen LogP contribution is 2.37. The lowest BCUT2D eigenvalue weighted by Crippen LogP contribution is -2.28. The van der Waals surface area contributed by atoms with Gasteiger partial charge < -0.3 is 14.4 Å². The molecule has 9 heteroatoms. The number of hydrogen-bond donors (Lipinski definition) is 0. The topological polar surface area (TPSA) is 79.6 Å². The van der Waals surface area contributed by atoms with Crippen molar-refractivity contribution in [2.45, 2.75) is 0 Å². The number of ether oxygens (including phenoxy) is 2. The SMILES string of the molecule is COC(=O)C1=C(C(=O)OC)N(c2c(I)cc(Cl)c(F)c2C#N)C=CC=C1. The Morgan fingerprint density at radius 2 is 1.92 bits per heavy atom. The molecule has 0 bridgehead atoms. The predicted octanol–water partition coefficient (Wildman–Crippen LogP) is 3.45. The average molecular weight is 489 g/mol. The number of nitrogens with zero attached hydrogens (tertiary/aromatic N) is 2. The van der Waals surface area contributed by atoms with E-state index in [2.05, 4.69) is 0 Å². The van der Waals surface area contributed by atoms with Crippen LogP contribution >= 0.6 is 34.2 Å². The van der Waals surface area contributed by atoms with Crippen molar-refractivity contribution in [1.29, 1.82) is 5.26 Å². The monoisotopic (exact) mass is 488 g/mol. The van der Waals surface area contributed by atoms with E-state index in [0.717, 1.165) is 14.2 Å². The zero-order valence-corrected chi connectivity index (χ0v) is 16.5. The van der Waals surface area contributed by atoms with Crippen molar-refractivity contribution in [2.24, 2.45) is 0 Å². The molecule has 0 spiro atoms. The summed E-state index contributed by atoms with van der Waals surface area (Å²) in [4.78, 5) is 25.7. The van der Waals surface area contributed by atoms with Crippen LogP contribution in [0.1, 0.15) is 5.56 Å². The van der Waals surface area contributed by atoms with Crippen molar-refractivity contribution in [3.05, 3.63) is 61.7 Å². The number of allylic oxidation sites excluding steroid dienone is 2. The van der Waals surface area contributed by atoms with E-state index in [1.807, 2.05) is 22.6 Å². The Kier molecular flexibility index (Phi) is 6.39. The molecule has 0 saturated carbocycles. The van der Waals surface area contributed by atoms with Crippen LogP contribution in [0.2, 0.25) is 5.02 Å². The average Bonchev–Trinajstić information content (AvgIpc) is 2.85. The van der Waals surface area contributed by atoms with Crippen molar-refractivity contribution in [2.75, 3.05) is 19.1 Å². The summed E-state index contributed by atoms with van der Waals surface area (Å²) in [5.41, 5.74) is -0.657. The molecule has 0 fully saturated rings. The molecule has 1 heterocycles. The summed E-state index contributed by atoms with van der Waals surface area (Å²) in [6.45, 7) is 0. The quantitative estimate of drug-likeness (QED) is 0.368. The fraction of sp³-hybridized carbons (Fsp3) is 0.118. The van der Waals surface area contributed by atoms with Gasteiger partial charge in [0.1, 0.15) is 17.3 Å². The van der Waals surface area contributed by atoms with Crippen LogP contribution in [0.25, 0.3) is 0 Å². The summed E-state index contributed by atoms with van der Waals surface area (Å²) in [6.07, 6.45) is 5.78. The van der Waals surface area contributed by atoms with E-state index in [0.29, 0.717) is 3.57 Å². The summed E-state index contributed by atoms with van der Waals surface area (Å²) >= 11 is 7.67. The van der Waals surface area contributed by atoms with E-state index in [9.17, 15) is 19.2 Å². The van der Waals surface area contributed by atoms with Crippen molar-refractivity contribution in [1.82, 2.24) is 0 Å². The van der Waals surface area contributed by atoms with Gasteiger partial charge in [0.2, 0.25) is 0 Å². The van der Waals surface area contributed by atoms with Crippen LogP contribution in [-0.2, 0) is 19.1 Å². The van der Waals surface area contributed by atoms with Gasteiger partial charge in [-0.15, -0.1) is 0 Å². The van der Waals surface area contributed by atoms with Crippen LogP contribution < -0.4 is 4.90 Å². The van der Waals surface area contributed by atoms with E-state index in [4.69, 9.17) is 21.1 Å². The second-order valence-electron chi connectivity index (χ2n) is 4.81. The maximum Gasteiger partial charge on any atom is 0.355 e. The number of esters is 2. The third-order valence-corrected chi connectivity index (χ3v) is 4.48. The van der Waals surface area contributed by atoms with Gasteiger partial charge in [-0.3, -0.25) is 0 Å². The highest BCUT2D eigenvalue weighted by molar-refractivity contribution is 14.1. The molecule has 1 aromatic rings. The molecule has 0 aromatic heterocycles. The second-order valence-corrected chi connectivity index (χ2v) is 6.38. The lowest BCUT2D eigenvalue weighted by molar-refractivity contribution is -0.139. The standard InChI is InChI=1S/C17H11ClFIN2O4/c1-25-16(23)9-5-3-4-6-22(15(9)17(24)26-2)14-10(8-21)13(19)11(18)7-12(14)20/h3-7H,1-2H3. The summed E-state index contributed by atoms with van der Waals surface area (Å²) < 4.78 is 24.3. The van der Waals surface area contributed by atoms with Gasteiger partial charge in [0, 0.05) is 9.77 Å². The smallest absolute Gasteiger partial charge is 0.355 e. The predicted molar refractivity (Wildman–Crippen MR) is 101 cm³/mol. The Morgan fingerprint density at radius 3 is 2.50 bits per heavy atom. The molecule has 0 unspecified atom stereocenters. The zero-order valence-electron chi connectivity index (χ0n) is 13.5. The third kappa shape index (κ3) is 3.59. The molecule has 1 aliphatic heterocycles. The van der Waals surface area contributed by atoms with Gasteiger partial charge in [-0.25, -0.2) is 14.0 Å². The number of carbonyl (C=O) groups excluding carboxylic acids is 2. The molecule has 134 valence electrons. The minimum atomic E-state index is -0.931. The largest absolute Gasteiger partial charge is 0.465 e. The maximum absolute atomic E-state index is 14.4. The summed E-state index contributed by atoms with van der Waals surface area (Å²) in [7, 11) is 2.30. The van der Waals surface area contributed by atoms with Gasteiger partial charge in [0.15, 0.2) is 5.82 Å². The van der Waals surface area contributed by atoms with Crippen LogP contribution in [0, 0.1) is 20.7 Å². The first-order valence-corrected chi connectivity index (χ1v) is 8.45. The number of halogens is 3. The van der Waals surface area contributed by atoms with E-state index >= 15 is 0 Å². The minimum absolute atomic E-state index is 0.0525. The van der Waals surface area contributed by atoms with Gasteiger partial charge in [0.05, 0.1) is 30.5 Å². The van der Waals surface area contributed by atoms with Gasteiger partial charge in [-0.2, -0.15) is 5.26 Å². The molecular weight excluding hydrogens is 478 g/mol. The second kappa shape index (κ2) is 8.33. The number of benzene rings is 1. The van der Waals surface area contributed by atoms with Crippen LogP contribution in [-0.4, -0.2) is 26.2 Å². The number of rotatable bonds is 3. The first-order valence-electron chi connectivity index (χ1n) is 6.99. The number of methoxy groups -OCH3 is 2. The van der Waals surface area contributed by atoms with Crippen molar-refractivity contribution >= 4 is 51.8 Å². The van der Waals surface area contributed by atoms with E-state index < -0.39 is 17.8 Å². The van der Waals surface area contributed by atoms with Crippen LogP contribution in [0.3, 0.4) is 0 Å². The molecule has 26 heavy (non-hydrogen) atoms. The van der Waals surface area contributed by atoms with Crippen LogP contribution in [0.4, 0.5) is 10.1 Å². The Balaban J connectivity index is 2.87. The highest BCUT2D eigenvalue weighted by atomic mass is 127. The lowest BCUT2D eigenvalue weighted by atomic mass is 10.1. The van der Waals surface area contributed by atoms with E-state index in [1.165, 1.54) is 35.4 Å². The Morgan fingerprint density at radius 1 is 1.27 bits per heavy atom. The first-order chi connectivity index (χ1) is 12.4. The fourth-order valence-corrected chi connectivity index (χ4v) is 3.49. The molecule has 0 saturated heterocycles. The molecular formula is C17H11ClFIN2O4. The van der Waals surface area contributed by atoms with Crippen LogP contribution in [0.15, 0.2) is 41.8 Å². The molecule has 0 radical (unpaired) electrons. The lowest BCUT2D eigenvalue weighted by Gasteiger charge is -2.25. The molecule has 0 aliphatic carbocycles. The minimum Gasteiger partial charge on any atom is -0.465 e. The van der Waals surface area contributed by atoms with Gasteiger partial charge in [-0.1, -0.05) is 17.7 Å². The summed E-state index contributed by atoms with van der Waals surface area (Å²) in [5.74, 6) is -2.59. The summed E-state index contributed by atoms with van der Waals surface area (Å²) in [5, 5.41) is 9.18.